The van der Waals surface area contributed by atoms with E-state index in [9.17, 15) is 13.2 Å². The number of nitrogens with two attached hydrogens (primary N) is 1. The zero-order valence-corrected chi connectivity index (χ0v) is 13.4. The zero-order valence-electron chi connectivity index (χ0n) is 13.4. The number of methoxy groups -OCH3 is 1. The van der Waals surface area contributed by atoms with Crippen LogP contribution in [0.3, 0.4) is 0 Å². The predicted octanol–water partition coefficient (Wildman–Crippen LogP) is 3.58. The van der Waals surface area contributed by atoms with Gasteiger partial charge in [-0.1, -0.05) is 12.1 Å². The third kappa shape index (κ3) is 2.57. The lowest BCUT2D eigenvalue weighted by atomic mass is 10.1. The van der Waals surface area contributed by atoms with Gasteiger partial charge in [-0.3, -0.25) is 4.57 Å². The molecule has 4 aromatic rings. The van der Waals surface area contributed by atoms with Crippen LogP contribution in [0.2, 0.25) is 0 Å². The molecule has 0 bridgehead atoms. The molecule has 9 heteroatoms. The average molecular weight is 359 g/mol. The summed E-state index contributed by atoms with van der Waals surface area (Å²) in [6.45, 7) is 0. The second-order valence-corrected chi connectivity index (χ2v) is 5.61. The van der Waals surface area contributed by atoms with Crippen LogP contribution in [0.25, 0.3) is 27.8 Å². The fourth-order valence-electron chi connectivity index (χ4n) is 2.78. The SMILES string of the molecule is COc1ccc2ccc(-n3c(C(F)(F)F)nc4nc(N)cnc43)cc2c1. The number of hydrogen-bond donors (Lipinski definition) is 1. The minimum Gasteiger partial charge on any atom is -0.497 e. The first-order chi connectivity index (χ1) is 12.4. The molecule has 0 spiro atoms. The molecule has 2 aromatic carbocycles. The van der Waals surface area contributed by atoms with Crippen molar-refractivity contribution in [1.29, 1.82) is 0 Å². The molecular formula is C17H12F3N5O. The van der Waals surface area contributed by atoms with E-state index in [1.165, 1.54) is 13.3 Å². The quantitative estimate of drug-likeness (QED) is 0.592. The van der Waals surface area contributed by atoms with Crippen LogP contribution in [-0.4, -0.2) is 26.6 Å². The van der Waals surface area contributed by atoms with Gasteiger partial charge in [-0.25, -0.2) is 15.0 Å². The molecule has 0 saturated carbocycles. The maximum absolute atomic E-state index is 13.5. The van der Waals surface area contributed by atoms with Crippen molar-refractivity contribution in [3.8, 4) is 11.4 Å². The van der Waals surface area contributed by atoms with Crippen LogP contribution in [0, 0.1) is 0 Å². The van der Waals surface area contributed by atoms with Crippen molar-refractivity contribution in [2.75, 3.05) is 12.8 Å². The first-order valence-corrected chi connectivity index (χ1v) is 7.53. The molecule has 4 rings (SSSR count). The van der Waals surface area contributed by atoms with Crippen molar-refractivity contribution in [2.24, 2.45) is 0 Å². The highest BCUT2D eigenvalue weighted by molar-refractivity contribution is 5.86. The lowest BCUT2D eigenvalue weighted by Gasteiger charge is -2.12. The van der Waals surface area contributed by atoms with E-state index in [0.29, 0.717) is 5.75 Å². The molecule has 0 radical (unpaired) electrons. The standard InChI is InChI=1S/C17H12F3N5O/c1-26-12-5-3-9-2-4-11(6-10(9)7-12)25-15-14(23-13(21)8-22-15)24-16(25)17(18,19)20/h2-8H,1H3,(H2,21,23). The molecule has 0 aliphatic rings. The van der Waals surface area contributed by atoms with Gasteiger partial charge in [0.15, 0.2) is 11.3 Å². The van der Waals surface area contributed by atoms with Gasteiger partial charge in [-0.15, -0.1) is 0 Å². The number of benzene rings is 2. The number of fused-ring (bicyclic) bond motifs is 2. The molecule has 26 heavy (non-hydrogen) atoms. The van der Waals surface area contributed by atoms with Gasteiger partial charge in [0.2, 0.25) is 5.82 Å². The highest BCUT2D eigenvalue weighted by atomic mass is 19.4. The molecular weight excluding hydrogens is 347 g/mol. The fourth-order valence-corrected chi connectivity index (χ4v) is 2.78. The Labute approximate surface area is 145 Å². The molecule has 2 N–H and O–H groups in total. The topological polar surface area (TPSA) is 78.8 Å². The molecule has 0 atom stereocenters. The highest BCUT2D eigenvalue weighted by Gasteiger charge is 2.38. The van der Waals surface area contributed by atoms with Crippen molar-refractivity contribution in [3.63, 3.8) is 0 Å². The molecule has 0 saturated heterocycles. The van der Waals surface area contributed by atoms with Gasteiger partial charge in [0.05, 0.1) is 13.3 Å². The zero-order chi connectivity index (χ0) is 18.5. The van der Waals surface area contributed by atoms with Crippen LogP contribution in [0.15, 0.2) is 42.6 Å². The molecule has 0 amide bonds. The Kier molecular flexibility index (Phi) is 3.46. The Morgan fingerprint density at radius 3 is 2.54 bits per heavy atom. The van der Waals surface area contributed by atoms with Gasteiger partial charge in [0, 0.05) is 5.69 Å². The van der Waals surface area contributed by atoms with E-state index in [1.54, 1.807) is 30.3 Å². The summed E-state index contributed by atoms with van der Waals surface area (Å²) >= 11 is 0. The molecule has 0 unspecified atom stereocenters. The number of alkyl halides is 3. The molecule has 2 aromatic heterocycles. The van der Waals surface area contributed by atoms with Gasteiger partial charge >= 0.3 is 6.18 Å². The molecule has 0 aliphatic heterocycles. The van der Waals surface area contributed by atoms with Gasteiger partial charge < -0.3 is 10.5 Å². The lowest BCUT2D eigenvalue weighted by Crippen LogP contribution is -2.14. The van der Waals surface area contributed by atoms with Crippen LogP contribution in [0.1, 0.15) is 5.82 Å². The molecule has 2 heterocycles. The maximum atomic E-state index is 13.5. The second-order valence-electron chi connectivity index (χ2n) is 5.61. The van der Waals surface area contributed by atoms with E-state index in [4.69, 9.17) is 10.5 Å². The summed E-state index contributed by atoms with van der Waals surface area (Å²) in [7, 11) is 1.52. The number of aromatic nitrogens is 4. The largest absolute Gasteiger partial charge is 0.497 e. The fraction of sp³-hybridized carbons (Fsp3) is 0.118. The van der Waals surface area contributed by atoms with Gasteiger partial charge in [0.1, 0.15) is 11.6 Å². The second kappa shape index (κ2) is 5.58. The number of halogens is 3. The van der Waals surface area contributed by atoms with Crippen molar-refractivity contribution in [3.05, 3.63) is 48.4 Å². The number of anilines is 1. The summed E-state index contributed by atoms with van der Waals surface area (Å²) in [5.41, 5.74) is 5.60. The average Bonchev–Trinajstić information content (AvgIpc) is 2.99. The maximum Gasteiger partial charge on any atom is 0.450 e. The number of rotatable bonds is 2. The van der Waals surface area contributed by atoms with E-state index in [0.717, 1.165) is 15.3 Å². The van der Waals surface area contributed by atoms with Crippen molar-refractivity contribution < 1.29 is 17.9 Å². The van der Waals surface area contributed by atoms with Crippen LogP contribution in [-0.2, 0) is 6.18 Å². The predicted molar refractivity (Wildman–Crippen MR) is 90.1 cm³/mol. The Bertz CT molecular complexity index is 1140. The van der Waals surface area contributed by atoms with Gasteiger partial charge in [-0.2, -0.15) is 13.2 Å². The number of hydrogen-bond acceptors (Lipinski definition) is 5. The lowest BCUT2D eigenvalue weighted by molar-refractivity contribution is -0.145. The van der Waals surface area contributed by atoms with E-state index < -0.39 is 12.0 Å². The number of nitrogens with zero attached hydrogens (tertiary/aromatic N) is 4. The van der Waals surface area contributed by atoms with Crippen molar-refractivity contribution in [1.82, 2.24) is 19.5 Å². The molecule has 6 nitrogen and oxygen atoms in total. The first kappa shape index (κ1) is 16.1. The molecule has 0 aliphatic carbocycles. The minimum absolute atomic E-state index is 0.000813. The summed E-state index contributed by atoms with van der Waals surface area (Å²) in [4.78, 5) is 11.4. The molecule has 0 fully saturated rings. The minimum atomic E-state index is -4.68. The molecule has 132 valence electrons. The smallest absolute Gasteiger partial charge is 0.450 e. The van der Waals surface area contributed by atoms with E-state index >= 15 is 0 Å². The Morgan fingerprint density at radius 1 is 1.04 bits per heavy atom. The summed E-state index contributed by atoms with van der Waals surface area (Å²) in [5, 5.41) is 1.59. The van der Waals surface area contributed by atoms with Crippen LogP contribution in [0.5, 0.6) is 5.75 Å². The highest BCUT2D eigenvalue weighted by Crippen LogP contribution is 2.34. The Hall–Kier alpha value is -3.36. The van der Waals surface area contributed by atoms with Crippen LogP contribution in [0.4, 0.5) is 19.0 Å². The summed E-state index contributed by atoms with van der Waals surface area (Å²) in [6, 6.07) is 10.3. The Balaban J connectivity index is 2.02. The first-order valence-electron chi connectivity index (χ1n) is 7.53. The normalized spacial score (nSPS) is 12.0. The van der Waals surface area contributed by atoms with E-state index in [1.807, 2.05) is 6.07 Å². The summed E-state index contributed by atoms with van der Waals surface area (Å²) in [5.74, 6) is -0.506. The van der Waals surface area contributed by atoms with E-state index in [2.05, 4.69) is 15.0 Å². The summed E-state index contributed by atoms with van der Waals surface area (Å²) in [6.07, 6.45) is -3.48. The van der Waals surface area contributed by atoms with Gasteiger partial charge in [-0.05, 0) is 35.0 Å². The van der Waals surface area contributed by atoms with Gasteiger partial charge in [0.25, 0.3) is 0 Å². The van der Waals surface area contributed by atoms with Crippen LogP contribution < -0.4 is 10.5 Å². The summed E-state index contributed by atoms with van der Waals surface area (Å²) < 4.78 is 46.7. The van der Waals surface area contributed by atoms with Crippen LogP contribution >= 0.6 is 0 Å². The Morgan fingerprint density at radius 2 is 1.81 bits per heavy atom. The number of ether oxygens (including phenoxy) is 1. The van der Waals surface area contributed by atoms with Crippen molar-refractivity contribution >= 4 is 27.9 Å². The third-order valence-corrected chi connectivity index (χ3v) is 3.93. The third-order valence-electron chi connectivity index (χ3n) is 3.93. The van der Waals surface area contributed by atoms with Crippen molar-refractivity contribution in [2.45, 2.75) is 6.18 Å². The van der Waals surface area contributed by atoms with E-state index in [-0.39, 0.29) is 22.8 Å². The number of imidazole rings is 1. The number of nitrogen functional groups attached to an aromatic ring is 1. The monoisotopic (exact) mass is 359 g/mol.